The van der Waals surface area contributed by atoms with Gasteiger partial charge in [-0.3, -0.25) is 9.59 Å². The average molecular weight is 509 g/mol. The number of aromatic nitrogens is 3. The Labute approximate surface area is 214 Å². The van der Waals surface area contributed by atoms with E-state index in [-0.39, 0.29) is 18.4 Å². The standard InChI is InChI=1S/C26H44N4O6/c1-2-3-4-5-6-7-8-9-10-11-12-13-14-15-16-17-21(31)35-18-20-22(32)23(33)26(36-20)30-19-28-25(29-30)24(27)34/h9-10,19-20,22-23,26,32-33H,2-8,11-18H2,1H3,(H2,27,34)/b10-9+/t20-,22-,23-,26-/m1/s1. The monoisotopic (exact) mass is 508 g/mol. The fraction of sp³-hybridized carbons (Fsp3) is 0.769. The number of ether oxygens (including phenoxy) is 2. The molecule has 0 bridgehead atoms. The molecule has 0 aliphatic carbocycles. The number of rotatable bonds is 19. The Bertz CT molecular complexity index is 799. The summed E-state index contributed by atoms with van der Waals surface area (Å²) in [7, 11) is 0. The van der Waals surface area contributed by atoms with Gasteiger partial charge in [0.05, 0.1) is 0 Å². The van der Waals surface area contributed by atoms with E-state index in [4.69, 9.17) is 15.2 Å². The van der Waals surface area contributed by atoms with Gasteiger partial charge in [0, 0.05) is 6.42 Å². The van der Waals surface area contributed by atoms with Crippen LogP contribution in [0.4, 0.5) is 0 Å². The smallest absolute Gasteiger partial charge is 0.305 e. The van der Waals surface area contributed by atoms with E-state index in [2.05, 4.69) is 29.2 Å². The van der Waals surface area contributed by atoms with Gasteiger partial charge in [0.2, 0.25) is 5.82 Å². The predicted molar refractivity (Wildman–Crippen MR) is 135 cm³/mol. The van der Waals surface area contributed by atoms with E-state index in [0.717, 1.165) is 36.8 Å². The summed E-state index contributed by atoms with van der Waals surface area (Å²) in [5, 5.41) is 24.3. The average Bonchev–Trinajstić information content (AvgIpc) is 3.46. The fourth-order valence-electron chi connectivity index (χ4n) is 4.18. The number of aliphatic hydroxyl groups excluding tert-OH is 2. The Hall–Kier alpha value is -2.30. The van der Waals surface area contributed by atoms with Gasteiger partial charge in [-0.05, 0) is 32.1 Å². The van der Waals surface area contributed by atoms with Crippen molar-refractivity contribution < 1.29 is 29.3 Å². The summed E-state index contributed by atoms with van der Waals surface area (Å²) in [6.07, 6.45) is 17.0. The summed E-state index contributed by atoms with van der Waals surface area (Å²) in [6, 6.07) is 0. The molecule has 2 rings (SSSR count). The fourth-order valence-corrected chi connectivity index (χ4v) is 4.18. The van der Waals surface area contributed by atoms with Crippen LogP contribution in [0.2, 0.25) is 0 Å². The third-order valence-electron chi connectivity index (χ3n) is 6.38. The normalized spacial score (nSPS) is 21.9. The molecule has 0 radical (unpaired) electrons. The molecular formula is C26H44N4O6. The van der Waals surface area contributed by atoms with E-state index in [1.807, 2.05) is 0 Å². The second kappa shape index (κ2) is 17.2. The maximum atomic E-state index is 12.0. The minimum absolute atomic E-state index is 0.185. The van der Waals surface area contributed by atoms with Gasteiger partial charge >= 0.3 is 5.97 Å². The lowest BCUT2D eigenvalue weighted by Crippen LogP contribution is -2.34. The first-order valence-corrected chi connectivity index (χ1v) is 13.5. The van der Waals surface area contributed by atoms with Crippen molar-refractivity contribution in [2.24, 2.45) is 5.73 Å². The first kappa shape index (κ1) is 29.9. The van der Waals surface area contributed by atoms with Crippen molar-refractivity contribution in [3.63, 3.8) is 0 Å². The van der Waals surface area contributed by atoms with Gasteiger partial charge in [0.25, 0.3) is 5.91 Å². The molecule has 4 N–H and O–H groups in total. The molecule has 1 amide bonds. The molecule has 204 valence electrons. The molecule has 4 atom stereocenters. The van der Waals surface area contributed by atoms with Crippen molar-refractivity contribution in [1.29, 1.82) is 0 Å². The molecule has 1 aromatic heterocycles. The lowest BCUT2D eigenvalue weighted by Gasteiger charge is -2.14. The summed E-state index contributed by atoms with van der Waals surface area (Å²) < 4.78 is 11.9. The predicted octanol–water partition coefficient (Wildman–Crippen LogP) is 3.58. The van der Waals surface area contributed by atoms with Crippen LogP contribution in [0.3, 0.4) is 0 Å². The van der Waals surface area contributed by atoms with Crippen molar-refractivity contribution >= 4 is 11.9 Å². The third-order valence-corrected chi connectivity index (χ3v) is 6.38. The van der Waals surface area contributed by atoms with Crippen molar-refractivity contribution in [3.05, 3.63) is 24.3 Å². The number of aliphatic hydroxyl groups is 2. The molecule has 1 fully saturated rings. The van der Waals surface area contributed by atoms with Gasteiger partial charge in [-0.15, -0.1) is 5.10 Å². The topological polar surface area (TPSA) is 150 Å². The molecule has 36 heavy (non-hydrogen) atoms. The highest BCUT2D eigenvalue weighted by Gasteiger charge is 2.45. The van der Waals surface area contributed by atoms with Crippen LogP contribution >= 0.6 is 0 Å². The molecular weight excluding hydrogens is 464 g/mol. The number of unbranched alkanes of at least 4 members (excludes halogenated alkanes) is 11. The maximum absolute atomic E-state index is 12.0. The molecule has 1 saturated heterocycles. The van der Waals surface area contributed by atoms with Gasteiger partial charge in [-0.25, -0.2) is 9.67 Å². The number of amides is 1. The van der Waals surface area contributed by atoms with Crippen LogP contribution in [0.15, 0.2) is 18.5 Å². The van der Waals surface area contributed by atoms with Crippen molar-refractivity contribution in [1.82, 2.24) is 14.8 Å². The van der Waals surface area contributed by atoms with E-state index in [0.29, 0.717) is 6.42 Å². The SMILES string of the molecule is CCCCCCCC/C=C/CCCCCCCC(=O)OC[C@H]1O[C@@H](n2cnc(C(N)=O)n2)[C@H](O)[C@@H]1O. The Balaban J connectivity index is 1.48. The first-order valence-electron chi connectivity index (χ1n) is 13.5. The lowest BCUT2D eigenvalue weighted by atomic mass is 10.1. The minimum atomic E-state index is -1.32. The highest BCUT2D eigenvalue weighted by Crippen LogP contribution is 2.29. The number of primary amides is 1. The van der Waals surface area contributed by atoms with E-state index >= 15 is 0 Å². The maximum Gasteiger partial charge on any atom is 0.305 e. The molecule has 0 aromatic carbocycles. The van der Waals surface area contributed by atoms with Gasteiger partial charge in [-0.2, -0.15) is 0 Å². The molecule has 1 aliphatic rings. The number of carbonyl (C=O) groups excluding carboxylic acids is 2. The highest BCUT2D eigenvalue weighted by molar-refractivity contribution is 5.88. The van der Waals surface area contributed by atoms with Crippen LogP contribution in [-0.4, -0.2) is 61.8 Å². The van der Waals surface area contributed by atoms with Crippen LogP contribution < -0.4 is 5.73 Å². The van der Waals surface area contributed by atoms with E-state index < -0.39 is 30.4 Å². The first-order chi connectivity index (χ1) is 17.4. The van der Waals surface area contributed by atoms with Gasteiger partial charge in [0.15, 0.2) is 6.23 Å². The third kappa shape index (κ3) is 10.8. The minimum Gasteiger partial charge on any atom is -0.463 e. The van der Waals surface area contributed by atoms with Crippen LogP contribution in [0.5, 0.6) is 0 Å². The zero-order valence-corrected chi connectivity index (χ0v) is 21.6. The molecule has 0 spiro atoms. The number of carbonyl (C=O) groups is 2. The molecule has 10 heteroatoms. The summed E-state index contributed by atoms with van der Waals surface area (Å²) in [6.45, 7) is 2.06. The molecule has 0 saturated carbocycles. The van der Waals surface area contributed by atoms with Crippen LogP contribution in [-0.2, 0) is 14.3 Å². The molecule has 0 unspecified atom stereocenters. The van der Waals surface area contributed by atoms with E-state index in [1.165, 1.54) is 57.7 Å². The number of nitrogens with zero attached hydrogens (tertiary/aromatic N) is 3. The number of hydrogen-bond acceptors (Lipinski definition) is 8. The number of esters is 1. The van der Waals surface area contributed by atoms with Crippen molar-refractivity contribution in [2.75, 3.05) is 6.61 Å². The van der Waals surface area contributed by atoms with E-state index in [1.54, 1.807) is 0 Å². The molecule has 10 nitrogen and oxygen atoms in total. The van der Waals surface area contributed by atoms with Gasteiger partial charge in [-0.1, -0.05) is 70.4 Å². The molecule has 1 aliphatic heterocycles. The number of hydrogen-bond donors (Lipinski definition) is 3. The lowest BCUT2D eigenvalue weighted by molar-refractivity contribution is -0.150. The Morgan fingerprint density at radius 3 is 2.22 bits per heavy atom. The Morgan fingerprint density at radius 2 is 1.61 bits per heavy atom. The number of allylic oxidation sites excluding steroid dienone is 2. The van der Waals surface area contributed by atoms with Crippen molar-refractivity contribution in [3.8, 4) is 0 Å². The van der Waals surface area contributed by atoms with Gasteiger partial charge in [0.1, 0.15) is 31.2 Å². The largest absolute Gasteiger partial charge is 0.463 e. The van der Waals surface area contributed by atoms with Crippen molar-refractivity contribution in [2.45, 2.75) is 121 Å². The zero-order chi connectivity index (χ0) is 26.2. The Kier molecular flexibility index (Phi) is 14.3. The van der Waals surface area contributed by atoms with E-state index in [9.17, 15) is 19.8 Å². The van der Waals surface area contributed by atoms with Crippen LogP contribution in [0.25, 0.3) is 0 Å². The second-order valence-electron chi connectivity index (χ2n) is 9.48. The Morgan fingerprint density at radius 1 is 1.00 bits per heavy atom. The zero-order valence-electron chi connectivity index (χ0n) is 21.6. The highest BCUT2D eigenvalue weighted by atomic mass is 16.6. The summed E-state index contributed by atoms with van der Waals surface area (Å²) in [5.41, 5.74) is 5.12. The van der Waals surface area contributed by atoms with Crippen LogP contribution in [0, 0.1) is 0 Å². The van der Waals surface area contributed by atoms with Gasteiger partial charge < -0.3 is 25.4 Å². The number of nitrogens with two attached hydrogens (primary N) is 1. The summed E-state index contributed by atoms with van der Waals surface area (Å²) >= 11 is 0. The quantitative estimate of drug-likeness (QED) is 0.146. The summed E-state index contributed by atoms with van der Waals surface area (Å²) in [4.78, 5) is 26.9. The molecule has 2 heterocycles. The second-order valence-corrected chi connectivity index (χ2v) is 9.48. The molecule has 1 aromatic rings. The summed E-state index contributed by atoms with van der Waals surface area (Å²) in [5.74, 6) is -1.41. The van der Waals surface area contributed by atoms with Crippen LogP contribution in [0.1, 0.15) is 114 Å².